The third kappa shape index (κ3) is 5.39. The molecule has 4 rings (SSSR count). The van der Waals surface area contributed by atoms with Crippen molar-refractivity contribution >= 4 is 5.82 Å². The molecule has 0 amide bonds. The van der Waals surface area contributed by atoms with Crippen LogP contribution in [-0.2, 0) is 6.54 Å². The molecule has 6 heteroatoms. The highest BCUT2D eigenvalue weighted by atomic mass is 16.1. The van der Waals surface area contributed by atoms with Crippen molar-refractivity contribution in [3.63, 3.8) is 0 Å². The number of rotatable bonds is 6. The molecule has 3 aromatic rings. The number of piperidine rings is 1. The first-order valence-corrected chi connectivity index (χ1v) is 11.0. The highest BCUT2D eigenvalue weighted by molar-refractivity contribution is 5.56. The molecular formula is C25H31N5O. The minimum absolute atomic E-state index is 0.0987. The number of likely N-dealkylation sites (tertiary alicyclic amines) is 1. The number of aryl methyl sites for hydroxylation is 2. The van der Waals surface area contributed by atoms with Crippen LogP contribution >= 0.6 is 0 Å². The van der Waals surface area contributed by atoms with Gasteiger partial charge in [-0.25, -0.2) is 9.97 Å². The van der Waals surface area contributed by atoms with E-state index in [4.69, 9.17) is 0 Å². The third-order valence-corrected chi connectivity index (χ3v) is 6.24. The van der Waals surface area contributed by atoms with Gasteiger partial charge in [0, 0.05) is 36.1 Å². The summed E-state index contributed by atoms with van der Waals surface area (Å²) in [5, 5.41) is 3.47. The van der Waals surface area contributed by atoms with Crippen LogP contribution in [0.15, 0.2) is 47.4 Å². The van der Waals surface area contributed by atoms with Crippen molar-refractivity contribution in [2.75, 3.05) is 25.0 Å². The van der Waals surface area contributed by atoms with Crippen molar-refractivity contribution < 1.29 is 0 Å². The molecule has 1 aliphatic heterocycles. The summed E-state index contributed by atoms with van der Waals surface area (Å²) in [7, 11) is 0. The Morgan fingerprint density at radius 1 is 1.06 bits per heavy atom. The van der Waals surface area contributed by atoms with Crippen molar-refractivity contribution in [3.05, 3.63) is 75.3 Å². The zero-order valence-electron chi connectivity index (χ0n) is 18.6. The van der Waals surface area contributed by atoms with Gasteiger partial charge in [-0.3, -0.25) is 9.69 Å². The van der Waals surface area contributed by atoms with Crippen molar-refractivity contribution in [2.24, 2.45) is 5.92 Å². The molecule has 0 unspecified atom stereocenters. The highest BCUT2D eigenvalue weighted by Crippen LogP contribution is 2.21. The number of aromatic nitrogens is 3. The average molecular weight is 418 g/mol. The van der Waals surface area contributed by atoms with E-state index in [1.54, 1.807) is 13.1 Å². The number of nitrogens with one attached hydrogen (secondary N) is 2. The van der Waals surface area contributed by atoms with Gasteiger partial charge < -0.3 is 10.3 Å². The number of hydrogen-bond donors (Lipinski definition) is 2. The van der Waals surface area contributed by atoms with Crippen LogP contribution in [0, 0.1) is 26.7 Å². The fraction of sp³-hybridized carbons (Fsp3) is 0.400. The largest absolute Gasteiger partial charge is 0.370 e. The fourth-order valence-electron chi connectivity index (χ4n) is 3.97. The standard InChI is InChI=1S/C25H31N5O/c1-17-4-6-21(7-5-17)16-30-12-10-20(11-13-30)14-26-23-9-8-22(15-27-23)24-28-19(3)18(2)25(31)29-24/h4-9,15,20H,10-14,16H2,1-3H3,(H,26,27)(H,28,29,31). The zero-order chi connectivity index (χ0) is 21.8. The topological polar surface area (TPSA) is 73.9 Å². The monoisotopic (exact) mass is 417 g/mol. The Bertz CT molecular complexity index is 1060. The molecule has 3 heterocycles. The molecule has 0 saturated carbocycles. The van der Waals surface area contributed by atoms with Gasteiger partial charge in [-0.05, 0) is 70.3 Å². The molecule has 1 fully saturated rings. The van der Waals surface area contributed by atoms with Crippen molar-refractivity contribution in [1.82, 2.24) is 19.9 Å². The third-order valence-electron chi connectivity index (χ3n) is 6.24. The zero-order valence-corrected chi connectivity index (χ0v) is 18.6. The van der Waals surface area contributed by atoms with Crippen molar-refractivity contribution in [3.8, 4) is 11.4 Å². The van der Waals surface area contributed by atoms with E-state index in [0.29, 0.717) is 17.3 Å². The predicted octanol–water partition coefficient (Wildman–Crippen LogP) is 4.08. The minimum Gasteiger partial charge on any atom is -0.370 e. The average Bonchev–Trinajstić information content (AvgIpc) is 2.78. The van der Waals surface area contributed by atoms with Gasteiger partial charge in [0.15, 0.2) is 0 Å². The van der Waals surface area contributed by atoms with E-state index in [0.717, 1.165) is 43.3 Å². The number of nitrogens with zero attached hydrogens (tertiary/aromatic N) is 3. The SMILES string of the molecule is Cc1ccc(CN2CCC(CNc3ccc(-c4nc(C)c(C)c(=O)[nH]4)cn3)CC2)cc1. The fourth-order valence-corrected chi connectivity index (χ4v) is 3.97. The summed E-state index contributed by atoms with van der Waals surface area (Å²) >= 11 is 0. The Morgan fingerprint density at radius 3 is 2.45 bits per heavy atom. The Morgan fingerprint density at radius 2 is 1.81 bits per heavy atom. The van der Waals surface area contributed by atoms with Gasteiger partial charge in [0.05, 0.1) is 0 Å². The lowest BCUT2D eigenvalue weighted by atomic mass is 9.96. The summed E-state index contributed by atoms with van der Waals surface area (Å²) in [6.45, 7) is 10.0. The van der Waals surface area contributed by atoms with Gasteiger partial charge in [0.25, 0.3) is 5.56 Å². The first kappa shape index (κ1) is 21.2. The number of H-pyrrole nitrogens is 1. The molecule has 1 aromatic carbocycles. The molecule has 0 atom stereocenters. The van der Waals surface area contributed by atoms with Gasteiger partial charge in [0.2, 0.25) is 0 Å². The summed E-state index contributed by atoms with van der Waals surface area (Å²) < 4.78 is 0. The maximum Gasteiger partial charge on any atom is 0.254 e. The first-order chi connectivity index (χ1) is 15.0. The molecule has 2 N–H and O–H groups in total. The summed E-state index contributed by atoms with van der Waals surface area (Å²) in [5.41, 5.74) is 4.82. The van der Waals surface area contributed by atoms with Crippen LogP contribution in [0.4, 0.5) is 5.82 Å². The van der Waals surface area contributed by atoms with E-state index < -0.39 is 0 Å². The highest BCUT2D eigenvalue weighted by Gasteiger charge is 2.19. The van der Waals surface area contributed by atoms with Gasteiger partial charge in [-0.15, -0.1) is 0 Å². The van der Waals surface area contributed by atoms with Crippen molar-refractivity contribution in [1.29, 1.82) is 0 Å². The molecule has 1 aliphatic rings. The van der Waals surface area contributed by atoms with Gasteiger partial charge in [0.1, 0.15) is 11.6 Å². The molecule has 2 aromatic heterocycles. The van der Waals surface area contributed by atoms with Gasteiger partial charge in [-0.1, -0.05) is 29.8 Å². The number of pyridine rings is 1. The number of aromatic amines is 1. The summed E-state index contributed by atoms with van der Waals surface area (Å²) in [4.78, 5) is 26.4. The van der Waals surface area contributed by atoms with Crippen LogP contribution in [-0.4, -0.2) is 39.5 Å². The van der Waals surface area contributed by atoms with Gasteiger partial charge >= 0.3 is 0 Å². The number of hydrogen-bond acceptors (Lipinski definition) is 5. The molecule has 31 heavy (non-hydrogen) atoms. The van der Waals surface area contributed by atoms with E-state index in [2.05, 4.69) is 56.4 Å². The molecule has 1 saturated heterocycles. The lowest BCUT2D eigenvalue weighted by Gasteiger charge is -2.32. The maximum absolute atomic E-state index is 12.0. The van der Waals surface area contributed by atoms with E-state index in [1.807, 2.05) is 19.1 Å². The summed E-state index contributed by atoms with van der Waals surface area (Å²) in [6, 6.07) is 12.8. The van der Waals surface area contributed by atoms with E-state index in [-0.39, 0.29) is 5.56 Å². The number of anilines is 1. The summed E-state index contributed by atoms with van der Waals surface area (Å²) in [6.07, 6.45) is 4.16. The van der Waals surface area contributed by atoms with Gasteiger partial charge in [-0.2, -0.15) is 0 Å². The van der Waals surface area contributed by atoms with Crippen LogP contribution in [0.1, 0.15) is 35.2 Å². The predicted molar refractivity (Wildman–Crippen MR) is 125 cm³/mol. The Kier molecular flexibility index (Phi) is 6.47. The second-order valence-corrected chi connectivity index (χ2v) is 8.64. The van der Waals surface area contributed by atoms with E-state index in [9.17, 15) is 4.79 Å². The maximum atomic E-state index is 12.0. The number of benzene rings is 1. The Balaban J connectivity index is 1.26. The first-order valence-electron chi connectivity index (χ1n) is 11.0. The van der Waals surface area contributed by atoms with Crippen LogP contribution in [0.3, 0.4) is 0 Å². The molecule has 0 bridgehead atoms. The van der Waals surface area contributed by atoms with Crippen LogP contribution in [0.25, 0.3) is 11.4 Å². The van der Waals surface area contributed by atoms with Crippen LogP contribution in [0.5, 0.6) is 0 Å². The lowest BCUT2D eigenvalue weighted by Crippen LogP contribution is -2.35. The Hall–Kier alpha value is -2.99. The molecule has 0 aliphatic carbocycles. The smallest absolute Gasteiger partial charge is 0.254 e. The molecule has 0 radical (unpaired) electrons. The second kappa shape index (κ2) is 9.43. The molecule has 162 valence electrons. The van der Waals surface area contributed by atoms with Crippen molar-refractivity contribution in [2.45, 2.75) is 40.2 Å². The lowest BCUT2D eigenvalue weighted by molar-refractivity contribution is 0.182. The van der Waals surface area contributed by atoms with E-state index in [1.165, 1.54) is 24.0 Å². The summed E-state index contributed by atoms with van der Waals surface area (Å²) in [5.74, 6) is 2.08. The normalized spacial score (nSPS) is 15.2. The Labute approximate surface area is 183 Å². The molecule has 6 nitrogen and oxygen atoms in total. The van der Waals surface area contributed by atoms with E-state index >= 15 is 0 Å². The second-order valence-electron chi connectivity index (χ2n) is 8.64. The molecular weight excluding hydrogens is 386 g/mol. The van der Waals surface area contributed by atoms with Crippen LogP contribution in [0.2, 0.25) is 0 Å². The quantitative estimate of drug-likeness (QED) is 0.632. The van der Waals surface area contributed by atoms with Crippen LogP contribution < -0.4 is 10.9 Å². The molecule has 0 spiro atoms. The minimum atomic E-state index is -0.0987.